The van der Waals surface area contributed by atoms with Crippen LogP contribution in [-0.2, 0) is 4.79 Å². The molecule has 0 unspecified atom stereocenters. The summed E-state index contributed by atoms with van der Waals surface area (Å²) in [5.74, 6) is -3.77. The average molecular weight is 373 g/mol. The fourth-order valence-electron chi connectivity index (χ4n) is 2.24. The van der Waals surface area contributed by atoms with Crippen molar-refractivity contribution in [2.75, 3.05) is 16.0 Å². The van der Waals surface area contributed by atoms with E-state index in [1.165, 1.54) is 19.3 Å². The van der Waals surface area contributed by atoms with Gasteiger partial charge in [-0.3, -0.25) is 4.79 Å². The van der Waals surface area contributed by atoms with Crippen LogP contribution in [0.25, 0.3) is 0 Å². The highest BCUT2D eigenvalue weighted by atomic mass is 19.2. The van der Waals surface area contributed by atoms with Crippen molar-refractivity contribution in [3.63, 3.8) is 0 Å². The Labute approximate surface area is 152 Å². The molecular weight excluding hydrogens is 359 g/mol. The lowest BCUT2D eigenvalue weighted by molar-refractivity contribution is -0.114. The normalized spacial score (nSPS) is 10.4. The second-order valence-corrected chi connectivity index (χ2v) is 5.52. The molecule has 1 amide bonds. The number of carbonyl (C=O) groups excluding carboxylic acids is 1. The number of nitrogens with zero attached hydrogens (tertiary/aromatic N) is 2. The standard InChI is InChI=1S/C18H14F3N5O/c1-10(27)24-11-2-4-12(5-3-11)25-15-8-16(23-9-22-15)26-14-7-6-13(19)17(20)18(14)21/h2-9H,1H3,(H,24,27)(H2,22,23,25,26). The van der Waals surface area contributed by atoms with Crippen molar-refractivity contribution < 1.29 is 18.0 Å². The van der Waals surface area contributed by atoms with Gasteiger partial charge in [0, 0.05) is 24.4 Å². The molecule has 3 aromatic rings. The Morgan fingerprint density at radius 2 is 1.48 bits per heavy atom. The summed E-state index contributed by atoms with van der Waals surface area (Å²) in [6, 6.07) is 10.2. The average Bonchev–Trinajstić information content (AvgIpc) is 2.64. The van der Waals surface area contributed by atoms with Crippen LogP contribution in [-0.4, -0.2) is 15.9 Å². The van der Waals surface area contributed by atoms with Crippen molar-refractivity contribution in [1.29, 1.82) is 0 Å². The van der Waals surface area contributed by atoms with Gasteiger partial charge < -0.3 is 16.0 Å². The van der Waals surface area contributed by atoms with Gasteiger partial charge in [0.2, 0.25) is 5.91 Å². The van der Waals surface area contributed by atoms with Crippen LogP contribution in [0.2, 0.25) is 0 Å². The molecule has 0 aliphatic heterocycles. The third-order valence-electron chi connectivity index (χ3n) is 3.44. The molecule has 0 atom stereocenters. The Kier molecular flexibility index (Phi) is 5.20. The van der Waals surface area contributed by atoms with E-state index < -0.39 is 17.5 Å². The van der Waals surface area contributed by atoms with Gasteiger partial charge in [-0.25, -0.2) is 23.1 Å². The van der Waals surface area contributed by atoms with Gasteiger partial charge in [-0.05, 0) is 36.4 Å². The Balaban J connectivity index is 1.74. The minimum Gasteiger partial charge on any atom is -0.340 e. The molecule has 1 aromatic heterocycles. The number of hydrogen-bond donors (Lipinski definition) is 3. The van der Waals surface area contributed by atoms with Gasteiger partial charge in [-0.15, -0.1) is 0 Å². The molecule has 1 heterocycles. The summed E-state index contributed by atoms with van der Waals surface area (Å²) < 4.78 is 40.1. The predicted octanol–water partition coefficient (Wildman–Crippen LogP) is 4.34. The van der Waals surface area contributed by atoms with Crippen molar-refractivity contribution in [2.45, 2.75) is 6.92 Å². The SMILES string of the molecule is CC(=O)Nc1ccc(Nc2cc(Nc3ccc(F)c(F)c3F)ncn2)cc1. The van der Waals surface area contributed by atoms with Gasteiger partial charge in [0.25, 0.3) is 0 Å². The number of aromatic nitrogens is 2. The monoisotopic (exact) mass is 373 g/mol. The van der Waals surface area contributed by atoms with Crippen molar-refractivity contribution in [3.05, 3.63) is 66.2 Å². The van der Waals surface area contributed by atoms with E-state index in [2.05, 4.69) is 25.9 Å². The highest BCUT2D eigenvalue weighted by molar-refractivity contribution is 5.88. The highest BCUT2D eigenvalue weighted by Gasteiger charge is 2.14. The van der Waals surface area contributed by atoms with E-state index in [9.17, 15) is 18.0 Å². The first-order valence-electron chi connectivity index (χ1n) is 7.79. The Morgan fingerprint density at radius 1 is 0.852 bits per heavy atom. The molecule has 0 spiro atoms. The Morgan fingerprint density at radius 3 is 2.15 bits per heavy atom. The van der Waals surface area contributed by atoms with E-state index in [0.717, 1.165) is 12.1 Å². The van der Waals surface area contributed by atoms with Gasteiger partial charge in [0.15, 0.2) is 17.5 Å². The third kappa shape index (κ3) is 4.51. The van der Waals surface area contributed by atoms with Crippen LogP contribution in [0.1, 0.15) is 6.92 Å². The minimum atomic E-state index is -1.56. The van der Waals surface area contributed by atoms with Gasteiger partial charge >= 0.3 is 0 Å². The summed E-state index contributed by atoms with van der Waals surface area (Å²) in [7, 11) is 0. The fraction of sp³-hybridized carbons (Fsp3) is 0.0556. The van der Waals surface area contributed by atoms with Crippen LogP contribution in [0.3, 0.4) is 0 Å². The maximum Gasteiger partial charge on any atom is 0.221 e. The number of nitrogens with one attached hydrogen (secondary N) is 3. The smallest absolute Gasteiger partial charge is 0.221 e. The molecule has 0 fully saturated rings. The molecule has 0 saturated heterocycles. The molecule has 0 aliphatic rings. The van der Waals surface area contributed by atoms with Crippen LogP contribution in [0.15, 0.2) is 48.8 Å². The molecule has 2 aromatic carbocycles. The van der Waals surface area contributed by atoms with E-state index in [1.807, 2.05) is 0 Å². The summed E-state index contributed by atoms with van der Waals surface area (Å²) in [6.07, 6.45) is 1.23. The van der Waals surface area contributed by atoms with Crippen molar-refractivity contribution in [2.24, 2.45) is 0 Å². The zero-order chi connectivity index (χ0) is 19.4. The zero-order valence-corrected chi connectivity index (χ0v) is 14.1. The fourth-order valence-corrected chi connectivity index (χ4v) is 2.24. The number of halogens is 3. The summed E-state index contributed by atoms with van der Waals surface area (Å²) in [4.78, 5) is 19.0. The topological polar surface area (TPSA) is 78.9 Å². The first-order valence-corrected chi connectivity index (χ1v) is 7.79. The molecule has 3 rings (SSSR count). The number of hydrogen-bond acceptors (Lipinski definition) is 5. The number of carbonyl (C=O) groups is 1. The van der Waals surface area contributed by atoms with Crippen molar-refractivity contribution >= 4 is 34.6 Å². The molecule has 0 bridgehead atoms. The lowest BCUT2D eigenvalue weighted by Crippen LogP contribution is -2.05. The molecule has 9 heteroatoms. The molecule has 6 nitrogen and oxygen atoms in total. The van der Waals surface area contributed by atoms with Crippen molar-refractivity contribution in [1.82, 2.24) is 9.97 Å². The molecule has 138 valence electrons. The first kappa shape index (κ1) is 18.2. The number of amides is 1. The second kappa shape index (κ2) is 7.73. The Bertz CT molecular complexity index is 979. The molecule has 3 N–H and O–H groups in total. The van der Waals surface area contributed by atoms with Crippen LogP contribution in [0, 0.1) is 17.5 Å². The zero-order valence-electron chi connectivity index (χ0n) is 14.1. The quantitative estimate of drug-likeness (QED) is 0.580. The second-order valence-electron chi connectivity index (χ2n) is 5.52. The summed E-state index contributed by atoms with van der Waals surface area (Å²) in [5.41, 5.74) is 1.08. The van der Waals surface area contributed by atoms with Gasteiger partial charge in [0.05, 0.1) is 5.69 Å². The molecule has 27 heavy (non-hydrogen) atoms. The van der Waals surface area contributed by atoms with Crippen molar-refractivity contribution in [3.8, 4) is 0 Å². The van der Waals surface area contributed by atoms with Crippen LogP contribution < -0.4 is 16.0 Å². The summed E-state index contributed by atoms with van der Waals surface area (Å²) in [5, 5.41) is 8.24. The third-order valence-corrected chi connectivity index (χ3v) is 3.44. The Hall–Kier alpha value is -3.62. The molecular formula is C18H14F3N5O. The number of rotatable bonds is 5. The summed E-state index contributed by atoms with van der Waals surface area (Å²) >= 11 is 0. The summed E-state index contributed by atoms with van der Waals surface area (Å²) in [6.45, 7) is 1.41. The van der Waals surface area contributed by atoms with Gasteiger partial charge in [-0.2, -0.15) is 0 Å². The maximum absolute atomic E-state index is 13.8. The molecule has 0 saturated carbocycles. The first-order chi connectivity index (χ1) is 12.9. The van der Waals surface area contributed by atoms with Gasteiger partial charge in [0.1, 0.15) is 18.0 Å². The minimum absolute atomic E-state index is 0.174. The van der Waals surface area contributed by atoms with E-state index in [-0.39, 0.29) is 17.4 Å². The lowest BCUT2D eigenvalue weighted by Gasteiger charge is -2.10. The molecule has 0 aliphatic carbocycles. The lowest BCUT2D eigenvalue weighted by atomic mass is 10.2. The van der Waals surface area contributed by atoms with E-state index >= 15 is 0 Å². The van der Waals surface area contributed by atoms with Crippen LogP contribution >= 0.6 is 0 Å². The van der Waals surface area contributed by atoms with Crippen LogP contribution in [0.5, 0.6) is 0 Å². The van der Waals surface area contributed by atoms with E-state index in [0.29, 0.717) is 17.2 Å². The van der Waals surface area contributed by atoms with E-state index in [4.69, 9.17) is 0 Å². The largest absolute Gasteiger partial charge is 0.340 e. The maximum atomic E-state index is 13.8. The van der Waals surface area contributed by atoms with Crippen LogP contribution in [0.4, 0.5) is 41.9 Å². The number of benzene rings is 2. The van der Waals surface area contributed by atoms with Gasteiger partial charge in [-0.1, -0.05) is 0 Å². The van der Waals surface area contributed by atoms with E-state index in [1.54, 1.807) is 24.3 Å². The molecule has 0 radical (unpaired) electrons. The highest BCUT2D eigenvalue weighted by Crippen LogP contribution is 2.24. The predicted molar refractivity (Wildman–Crippen MR) is 95.7 cm³/mol. The number of anilines is 5.